The Bertz CT molecular complexity index is 1600. The van der Waals surface area contributed by atoms with Gasteiger partial charge >= 0.3 is 5.69 Å². The summed E-state index contributed by atoms with van der Waals surface area (Å²) in [5.74, 6) is -0.173. The number of benzene rings is 1. The van der Waals surface area contributed by atoms with E-state index in [9.17, 15) is 14.7 Å². The van der Waals surface area contributed by atoms with Crippen LogP contribution in [0.3, 0.4) is 0 Å². The van der Waals surface area contributed by atoms with Crippen molar-refractivity contribution < 1.29 is 9.90 Å². The largest absolute Gasteiger partial charge is 0.493 e. The second-order valence-corrected chi connectivity index (χ2v) is 8.06. The number of likely N-dealkylation sites (N-methyl/N-ethyl adjacent to an activating group) is 1. The summed E-state index contributed by atoms with van der Waals surface area (Å²) in [4.78, 5) is 44.5. The smallest absolute Gasteiger partial charge is 0.326 e. The van der Waals surface area contributed by atoms with Crippen molar-refractivity contribution in [1.29, 1.82) is 0 Å². The Morgan fingerprint density at radius 3 is 2.79 bits per heavy atom. The van der Waals surface area contributed by atoms with Gasteiger partial charge in [0.25, 0.3) is 11.5 Å². The Morgan fingerprint density at radius 2 is 2.03 bits per heavy atom. The van der Waals surface area contributed by atoms with Gasteiger partial charge in [0, 0.05) is 23.5 Å². The van der Waals surface area contributed by atoms with E-state index in [0.717, 1.165) is 24.1 Å². The molecule has 12 heteroatoms. The van der Waals surface area contributed by atoms with Gasteiger partial charge in [-0.05, 0) is 25.0 Å². The fourth-order valence-corrected chi connectivity index (χ4v) is 3.90. The van der Waals surface area contributed by atoms with E-state index in [1.165, 1.54) is 4.52 Å². The molecule has 4 heterocycles. The Morgan fingerprint density at radius 1 is 1.21 bits per heavy atom. The second-order valence-electron chi connectivity index (χ2n) is 8.06. The highest BCUT2D eigenvalue weighted by Gasteiger charge is 2.35. The number of aromatic amines is 2. The maximum atomic E-state index is 12.9. The number of aromatic nitrogens is 6. The number of carbonyl (C=O) groups excluding carboxylic acids is 1. The first-order valence-electron chi connectivity index (χ1n) is 10.4. The quantitative estimate of drug-likeness (QED) is 0.332. The third-order valence-electron chi connectivity index (χ3n) is 5.72. The van der Waals surface area contributed by atoms with Gasteiger partial charge in [-0.25, -0.2) is 9.79 Å². The summed E-state index contributed by atoms with van der Waals surface area (Å²) in [7, 11) is 1.73. The molecule has 33 heavy (non-hydrogen) atoms. The predicted octanol–water partition coefficient (Wildman–Crippen LogP) is -0.413. The van der Waals surface area contributed by atoms with Crippen LogP contribution in [0.4, 0.5) is 11.6 Å². The fourth-order valence-electron chi connectivity index (χ4n) is 3.90. The summed E-state index contributed by atoms with van der Waals surface area (Å²) < 4.78 is 1.51. The summed E-state index contributed by atoms with van der Waals surface area (Å²) in [6, 6.07) is 7.09. The van der Waals surface area contributed by atoms with Gasteiger partial charge in [0.05, 0.1) is 12.2 Å². The Hall–Kier alpha value is -4.48. The average Bonchev–Trinajstić information content (AvgIpc) is 3.37. The molecule has 12 nitrogen and oxygen atoms in total. The van der Waals surface area contributed by atoms with Crippen LogP contribution >= 0.6 is 0 Å². The number of aromatic hydroxyl groups is 1. The number of amides is 1. The zero-order valence-corrected chi connectivity index (χ0v) is 17.5. The number of hydrogen-bond donors (Lipinski definition) is 4. The van der Waals surface area contributed by atoms with Crippen LogP contribution in [0, 0.1) is 0 Å². The van der Waals surface area contributed by atoms with Crippen molar-refractivity contribution in [2.75, 3.05) is 17.3 Å². The molecule has 1 fully saturated rings. The van der Waals surface area contributed by atoms with Crippen molar-refractivity contribution in [2.24, 2.45) is 4.99 Å². The molecule has 1 aliphatic carbocycles. The minimum Gasteiger partial charge on any atom is -0.493 e. The van der Waals surface area contributed by atoms with Crippen LogP contribution < -0.4 is 26.7 Å². The molecule has 166 valence electrons. The molecule has 1 amide bonds. The SMILES string of the molecule is CN1C(=O)C(Nc2nc(=NC3CC3)n3ncc(=Cc4[nH]c(=O)[nH]c4O)c3n2)c2ccccc21. The summed E-state index contributed by atoms with van der Waals surface area (Å²) in [6.45, 7) is 0. The molecule has 6 rings (SSSR count). The van der Waals surface area contributed by atoms with Gasteiger partial charge in [0.15, 0.2) is 5.65 Å². The van der Waals surface area contributed by atoms with Crippen molar-refractivity contribution in [3.8, 4) is 5.88 Å². The van der Waals surface area contributed by atoms with Crippen LogP contribution in [0.5, 0.6) is 5.88 Å². The van der Waals surface area contributed by atoms with E-state index < -0.39 is 11.7 Å². The van der Waals surface area contributed by atoms with Crippen molar-refractivity contribution in [2.45, 2.75) is 24.9 Å². The topological polar surface area (TPSA) is 157 Å². The fraction of sp³-hybridized carbons (Fsp3) is 0.238. The lowest BCUT2D eigenvalue weighted by Crippen LogP contribution is -2.30. The van der Waals surface area contributed by atoms with Gasteiger partial charge in [-0.15, -0.1) is 0 Å². The number of fused-ring (bicyclic) bond motifs is 2. The standard InChI is InChI=1S/C21H19N9O3/c1-29-14-5-3-2-4-12(14)15(18(29)32)25-19-26-16-10(8-13-17(31)27-21(33)24-13)9-22-30(16)20(28-19)23-11-6-7-11/h2-5,8-9,11,15,31H,6-7H2,1H3,(H,23,25,28)(H2,24,27,33). The minimum absolute atomic E-state index is 0.115. The molecule has 3 aromatic heterocycles. The van der Waals surface area contributed by atoms with Crippen LogP contribution in [-0.4, -0.2) is 53.7 Å². The lowest BCUT2D eigenvalue weighted by Gasteiger charge is -2.13. The zero-order chi connectivity index (χ0) is 22.7. The molecule has 0 bridgehead atoms. The van der Waals surface area contributed by atoms with Crippen LogP contribution in [0.1, 0.15) is 30.1 Å². The third kappa shape index (κ3) is 3.23. The first-order valence-corrected chi connectivity index (χ1v) is 10.4. The number of rotatable bonds is 4. The monoisotopic (exact) mass is 445 g/mol. The van der Waals surface area contributed by atoms with Gasteiger partial charge in [0.1, 0.15) is 11.7 Å². The van der Waals surface area contributed by atoms with Crippen LogP contribution in [0.15, 0.2) is 40.2 Å². The number of imidazole rings is 1. The molecule has 0 radical (unpaired) electrons. The van der Waals surface area contributed by atoms with E-state index >= 15 is 0 Å². The average molecular weight is 445 g/mol. The number of hydrogen-bond acceptors (Lipinski definition) is 8. The highest BCUT2D eigenvalue weighted by Crippen LogP contribution is 2.35. The summed E-state index contributed by atoms with van der Waals surface area (Å²) in [5, 5.41) is 18.0. The number of nitrogens with zero attached hydrogens (tertiary/aromatic N) is 6. The highest BCUT2D eigenvalue weighted by molar-refractivity contribution is 6.05. The highest BCUT2D eigenvalue weighted by atomic mass is 16.3. The van der Waals surface area contributed by atoms with Crippen LogP contribution in [0.2, 0.25) is 0 Å². The molecular weight excluding hydrogens is 426 g/mol. The minimum atomic E-state index is -0.636. The van der Waals surface area contributed by atoms with E-state index in [1.54, 1.807) is 24.2 Å². The summed E-state index contributed by atoms with van der Waals surface area (Å²) >= 11 is 0. The van der Waals surface area contributed by atoms with E-state index in [2.05, 4.69) is 35.3 Å². The predicted molar refractivity (Wildman–Crippen MR) is 117 cm³/mol. The van der Waals surface area contributed by atoms with E-state index in [0.29, 0.717) is 16.5 Å². The molecular formula is C21H19N9O3. The summed E-state index contributed by atoms with van der Waals surface area (Å²) in [6.07, 6.45) is 5.06. The van der Waals surface area contributed by atoms with Gasteiger partial charge in [-0.3, -0.25) is 9.78 Å². The maximum absolute atomic E-state index is 12.9. The first kappa shape index (κ1) is 19.2. The van der Waals surface area contributed by atoms with Crippen molar-refractivity contribution in [3.05, 3.63) is 63.0 Å². The van der Waals surface area contributed by atoms with Crippen molar-refractivity contribution in [1.82, 2.24) is 29.5 Å². The van der Waals surface area contributed by atoms with E-state index in [-0.39, 0.29) is 29.5 Å². The molecule has 0 spiro atoms. The van der Waals surface area contributed by atoms with Crippen molar-refractivity contribution >= 4 is 29.3 Å². The maximum Gasteiger partial charge on any atom is 0.326 e. The number of carbonyl (C=O) groups is 1. The molecule has 1 unspecified atom stereocenters. The van der Waals surface area contributed by atoms with E-state index in [4.69, 9.17) is 0 Å². The Kier molecular flexibility index (Phi) is 4.09. The van der Waals surface area contributed by atoms with Crippen LogP contribution in [-0.2, 0) is 4.79 Å². The Labute approximate surface area is 185 Å². The third-order valence-corrected chi connectivity index (χ3v) is 5.72. The van der Waals surface area contributed by atoms with Crippen LogP contribution in [0.25, 0.3) is 11.7 Å². The van der Waals surface area contributed by atoms with Gasteiger partial charge in [0.2, 0.25) is 11.8 Å². The molecule has 1 saturated carbocycles. The van der Waals surface area contributed by atoms with Gasteiger partial charge in [-0.2, -0.15) is 19.6 Å². The number of H-pyrrole nitrogens is 2. The number of nitrogens with one attached hydrogen (secondary N) is 3. The lowest BCUT2D eigenvalue weighted by molar-refractivity contribution is -0.118. The number of para-hydroxylation sites is 1. The summed E-state index contributed by atoms with van der Waals surface area (Å²) in [5.41, 5.74) is 2.12. The number of anilines is 2. The molecule has 2 aliphatic rings. The first-order chi connectivity index (χ1) is 16.0. The molecule has 4 aromatic rings. The van der Waals surface area contributed by atoms with Crippen molar-refractivity contribution in [3.63, 3.8) is 0 Å². The zero-order valence-electron chi connectivity index (χ0n) is 17.5. The Balaban J connectivity index is 1.50. The normalized spacial score (nSPS) is 19.0. The van der Waals surface area contributed by atoms with Gasteiger partial charge < -0.3 is 20.3 Å². The van der Waals surface area contributed by atoms with Gasteiger partial charge in [-0.1, -0.05) is 18.2 Å². The molecule has 4 N–H and O–H groups in total. The molecule has 0 saturated heterocycles. The van der Waals surface area contributed by atoms with E-state index in [1.807, 2.05) is 24.3 Å². The second kappa shape index (κ2) is 7.02. The molecule has 1 aromatic carbocycles. The lowest BCUT2D eigenvalue weighted by atomic mass is 10.1. The molecule has 1 aliphatic heterocycles. The molecule has 1 atom stereocenters.